The number of aromatic carboxylic acids is 1. The number of anilines is 1. The largest absolute Gasteiger partial charge is 0.497 e. The summed E-state index contributed by atoms with van der Waals surface area (Å²) >= 11 is 10.9. The van der Waals surface area contributed by atoms with Gasteiger partial charge in [0.05, 0.1) is 17.7 Å². The maximum absolute atomic E-state index is 12.1. The molecule has 6 nitrogen and oxygen atoms in total. The second-order valence-corrected chi connectivity index (χ2v) is 5.45. The Morgan fingerprint density at radius 2 is 1.83 bits per heavy atom. The van der Waals surface area contributed by atoms with Crippen LogP contribution in [-0.4, -0.2) is 29.2 Å². The molecule has 0 radical (unpaired) electrons. The topological polar surface area (TPSA) is 87.7 Å². The zero-order valence-corrected chi connectivity index (χ0v) is 14.1. The number of hydrogen-bond acceptors (Lipinski definition) is 4. The Morgan fingerprint density at radius 1 is 1.17 bits per heavy atom. The lowest BCUT2D eigenvalue weighted by Crippen LogP contribution is -2.34. The summed E-state index contributed by atoms with van der Waals surface area (Å²) in [6.45, 7) is 0. The van der Waals surface area contributed by atoms with Crippen molar-refractivity contribution in [2.75, 3.05) is 12.4 Å². The van der Waals surface area contributed by atoms with Gasteiger partial charge in [-0.05, 0) is 54.7 Å². The first-order valence-electron chi connectivity index (χ1n) is 6.70. The molecule has 0 saturated heterocycles. The van der Waals surface area contributed by atoms with Gasteiger partial charge < -0.3 is 15.2 Å². The van der Waals surface area contributed by atoms with Gasteiger partial charge in [-0.25, -0.2) is 4.79 Å². The summed E-state index contributed by atoms with van der Waals surface area (Å²) in [5.74, 6) is -0.870. The monoisotopic (exact) mass is 364 g/mol. The van der Waals surface area contributed by atoms with Crippen molar-refractivity contribution in [2.45, 2.75) is 0 Å². The fourth-order valence-electron chi connectivity index (χ4n) is 1.85. The number of methoxy groups -OCH3 is 1. The van der Waals surface area contributed by atoms with Gasteiger partial charge in [0.1, 0.15) is 5.75 Å². The number of carbonyl (C=O) groups excluding carboxylic acids is 1. The fraction of sp³-hybridized carbons (Fsp3) is 0.0625. The van der Waals surface area contributed by atoms with E-state index < -0.39 is 5.97 Å². The molecule has 0 heterocycles. The highest BCUT2D eigenvalue weighted by Gasteiger charge is 2.11. The number of hydrogen-bond donors (Lipinski definition) is 3. The molecular weight excluding hydrogens is 352 g/mol. The summed E-state index contributed by atoms with van der Waals surface area (Å²) in [7, 11) is 1.54. The standard InChI is InChI=1S/C16H13ClN2O4S/c1-23-11-5-2-9(3-6-11)14(20)19-16(24)18-10-4-7-12(15(21)22)13(17)8-10/h2-8H,1H3,(H,21,22)(H2,18,19,20,24). The number of amides is 1. The van der Waals surface area contributed by atoms with E-state index in [2.05, 4.69) is 10.6 Å². The van der Waals surface area contributed by atoms with E-state index >= 15 is 0 Å². The molecule has 0 saturated carbocycles. The fourth-order valence-corrected chi connectivity index (χ4v) is 2.32. The van der Waals surface area contributed by atoms with E-state index in [0.717, 1.165) is 0 Å². The van der Waals surface area contributed by atoms with Crippen molar-refractivity contribution in [1.82, 2.24) is 5.32 Å². The summed E-state index contributed by atoms with van der Waals surface area (Å²) in [4.78, 5) is 23.0. The number of carbonyl (C=O) groups is 2. The third kappa shape index (κ3) is 4.43. The summed E-state index contributed by atoms with van der Waals surface area (Å²) in [6, 6.07) is 10.8. The van der Waals surface area contributed by atoms with Crippen LogP contribution < -0.4 is 15.4 Å². The van der Waals surface area contributed by atoms with Gasteiger partial charge in [0, 0.05) is 11.3 Å². The van der Waals surface area contributed by atoms with Crippen molar-refractivity contribution in [3.8, 4) is 5.75 Å². The van der Waals surface area contributed by atoms with Gasteiger partial charge >= 0.3 is 5.97 Å². The van der Waals surface area contributed by atoms with E-state index in [1.807, 2.05) is 0 Å². The molecule has 24 heavy (non-hydrogen) atoms. The zero-order valence-electron chi connectivity index (χ0n) is 12.5. The second-order valence-electron chi connectivity index (χ2n) is 4.64. The minimum absolute atomic E-state index is 0.0181. The molecule has 124 valence electrons. The van der Waals surface area contributed by atoms with Gasteiger partial charge in [-0.15, -0.1) is 0 Å². The van der Waals surface area contributed by atoms with Crippen LogP contribution >= 0.6 is 23.8 Å². The van der Waals surface area contributed by atoms with Crippen LogP contribution in [0.1, 0.15) is 20.7 Å². The Balaban J connectivity index is 2.00. The van der Waals surface area contributed by atoms with Crippen molar-refractivity contribution in [3.05, 3.63) is 58.6 Å². The maximum atomic E-state index is 12.1. The summed E-state index contributed by atoms with van der Waals surface area (Å²) in [6.07, 6.45) is 0. The van der Waals surface area contributed by atoms with Crippen LogP contribution in [0.2, 0.25) is 5.02 Å². The molecule has 0 spiro atoms. The molecule has 3 N–H and O–H groups in total. The van der Waals surface area contributed by atoms with Crippen molar-refractivity contribution in [2.24, 2.45) is 0 Å². The van der Waals surface area contributed by atoms with Crippen LogP contribution in [0.5, 0.6) is 5.75 Å². The molecule has 0 bridgehead atoms. The summed E-state index contributed by atoms with van der Waals surface area (Å²) in [5, 5.41) is 14.3. The number of halogens is 1. The van der Waals surface area contributed by atoms with E-state index in [4.69, 9.17) is 33.7 Å². The lowest BCUT2D eigenvalue weighted by molar-refractivity contribution is 0.0697. The SMILES string of the molecule is COc1ccc(C(=O)NC(=S)Nc2ccc(C(=O)O)c(Cl)c2)cc1. The molecular formula is C16H13ClN2O4S. The Morgan fingerprint density at radius 3 is 2.38 bits per heavy atom. The van der Waals surface area contributed by atoms with Crippen molar-refractivity contribution in [3.63, 3.8) is 0 Å². The molecule has 1 amide bonds. The Hall–Kier alpha value is -2.64. The maximum Gasteiger partial charge on any atom is 0.337 e. The Kier molecular flexibility index (Phi) is 5.73. The number of thiocarbonyl (C=S) groups is 1. The minimum atomic E-state index is -1.12. The van der Waals surface area contributed by atoms with E-state index in [1.54, 1.807) is 24.3 Å². The van der Waals surface area contributed by atoms with E-state index in [0.29, 0.717) is 17.0 Å². The van der Waals surface area contributed by atoms with Gasteiger partial charge in [0.25, 0.3) is 5.91 Å². The van der Waals surface area contributed by atoms with Gasteiger partial charge in [0.2, 0.25) is 0 Å². The molecule has 0 aliphatic heterocycles. The molecule has 0 aliphatic carbocycles. The van der Waals surface area contributed by atoms with Crippen molar-refractivity contribution >= 4 is 46.5 Å². The average Bonchev–Trinajstić information content (AvgIpc) is 2.54. The van der Waals surface area contributed by atoms with E-state index in [-0.39, 0.29) is 21.6 Å². The van der Waals surface area contributed by atoms with Gasteiger partial charge in [0.15, 0.2) is 5.11 Å². The van der Waals surface area contributed by atoms with Crippen LogP contribution in [0.4, 0.5) is 5.69 Å². The van der Waals surface area contributed by atoms with Crippen molar-refractivity contribution < 1.29 is 19.4 Å². The number of rotatable bonds is 4. The first-order chi connectivity index (χ1) is 11.4. The number of ether oxygens (including phenoxy) is 1. The summed E-state index contributed by atoms with van der Waals surface area (Å²) in [5.41, 5.74) is 0.861. The normalized spacial score (nSPS) is 9.92. The van der Waals surface area contributed by atoms with Crippen molar-refractivity contribution in [1.29, 1.82) is 0 Å². The molecule has 2 aromatic carbocycles. The van der Waals surface area contributed by atoms with Gasteiger partial charge in [-0.3, -0.25) is 10.1 Å². The van der Waals surface area contributed by atoms with Crippen LogP contribution in [0.25, 0.3) is 0 Å². The second kappa shape index (κ2) is 7.76. The lowest BCUT2D eigenvalue weighted by Gasteiger charge is -2.11. The highest BCUT2D eigenvalue weighted by atomic mass is 35.5. The predicted molar refractivity (Wildman–Crippen MR) is 95.1 cm³/mol. The minimum Gasteiger partial charge on any atom is -0.497 e. The molecule has 2 rings (SSSR count). The number of carboxylic acid groups (broad SMARTS) is 1. The molecule has 0 aliphatic rings. The van der Waals surface area contributed by atoms with Crippen LogP contribution in [0.3, 0.4) is 0 Å². The zero-order chi connectivity index (χ0) is 17.7. The molecule has 0 fully saturated rings. The van der Waals surface area contributed by atoms with Gasteiger partial charge in [-0.1, -0.05) is 11.6 Å². The molecule has 0 aromatic heterocycles. The predicted octanol–water partition coefficient (Wildman–Crippen LogP) is 3.17. The first kappa shape index (κ1) is 17.7. The summed E-state index contributed by atoms with van der Waals surface area (Å²) < 4.78 is 5.02. The third-order valence-corrected chi connectivity index (χ3v) is 3.55. The third-order valence-electron chi connectivity index (χ3n) is 3.04. The average molecular weight is 365 g/mol. The Bertz CT molecular complexity index is 793. The lowest BCUT2D eigenvalue weighted by atomic mass is 10.2. The smallest absolute Gasteiger partial charge is 0.337 e. The molecule has 0 atom stereocenters. The molecule has 8 heteroatoms. The number of nitrogens with one attached hydrogen (secondary N) is 2. The first-order valence-corrected chi connectivity index (χ1v) is 7.48. The van der Waals surface area contributed by atoms with Crippen LogP contribution in [0, 0.1) is 0 Å². The van der Waals surface area contributed by atoms with Crippen LogP contribution in [-0.2, 0) is 0 Å². The van der Waals surface area contributed by atoms with E-state index in [9.17, 15) is 9.59 Å². The van der Waals surface area contributed by atoms with Crippen LogP contribution in [0.15, 0.2) is 42.5 Å². The van der Waals surface area contributed by atoms with Gasteiger partial charge in [-0.2, -0.15) is 0 Å². The van der Waals surface area contributed by atoms with E-state index in [1.165, 1.54) is 25.3 Å². The number of benzene rings is 2. The molecule has 2 aromatic rings. The number of carboxylic acids is 1. The quantitative estimate of drug-likeness (QED) is 0.722. The highest BCUT2D eigenvalue weighted by Crippen LogP contribution is 2.21. The molecule has 0 unspecified atom stereocenters. The Labute approximate surface area is 148 Å². The highest BCUT2D eigenvalue weighted by molar-refractivity contribution is 7.80.